The summed E-state index contributed by atoms with van der Waals surface area (Å²) in [6.45, 7) is 1.63. The molecule has 0 fully saturated rings. The van der Waals surface area contributed by atoms with Gasteiger partial charge in [0.2, 0.25) is 0 Å². The van der Waals surface area contributed by atoms with E-state index in [9.17, 15) is 14.9 Å². The van der Waals surface area contributed by atoms with Gasteiger partial charge < -0.3 is 10.6 Å². The van der Waals surface area contributed by atoms with Gasteiger partial charge in [-0.3, -0.25) is 10.1 Å². The monoisotopic (exact) mass is 287 g/mol. The normalized spacial score (nSPS) is 9.69. The second kappa shape index (κ2) is 4.93. The minimum atomic E-state index is -0.489. The average Bonchev–Trinajstić information content (AvgIpc) is 2.21. The highest BCUT2D eigenvalue weighted by molar-refractivity contribution is 9.10. The number of halogens is 1. The number of urea groups is 1. The van der Waals surface area contributed by atoms with E-state index in [2.05, 4.69) is 26.6 Å². The van der Waals surface area contributed by atoms with Gasteiger partial charge in [0.25, 0.3) is 5.69 Å². The van der Waals surface area contributed by atoms with Gasteiger partial charge in [-0.15, -0.1) is 0 Å². The number of carbonyl (C=O) groups excluding carboxylic acids is 1. The number of carbonyl (C=O) groups is 1. The van der Waals surface area contributed by atoms with Gasteiger partial charge in [-0.1, -0.05) is 0 Å². The first-order chi connectivity index (χ1) is 7.45. The number of hydrogen-bond acceptors (Lipinski definition) is 3. The third-order valence-corrected chi connectivity index (χ3v) is 2.61. The van der Waals surface area contributed by atoms with E-state index in [1.807, 2.05) is 0 Å². The van der Waals surface area contributed by atoms with Crippen molar-refractivity contribution >= 4 is 33.3 Å². The lowest BCUT2D eigenvalue weighted by Crippen LogP contribution is -2.24. The van der Waals surface area contributed by atoms with Crippen LogP contribution in [0.4, 0.5) is 16.2 Å². The summed E-state index contributed by atoms with van der Waals surface area (Å²) in [5, 5.41) is 15.5. The van der Waals surface area contributed by atoms with Gasteiger partial charge in [0.1, 0.15) is 0 Å². The molecule has 0 aliphatic carbocycles. The van der Waals surface area contributed by atoms with Crippen LogP contribution >= 0.6 is 15.9 Å². The number of amides is 2. The molecule has 0 spiro atoms. The molecule has 0 unspecified atom stereocenters. The van der Waals surface area contributed by atoms with Crippen molar-refractivity contribution in [2.24, 2.45) is 0 Å². The molecule has 2 N–H and O–H groups in total. The lowest BCUT2D eigenvalue weighted by molar-refractivity contribution is -0.385. The van der Waals surface area contributed by atoms with Gasteiger partial charge in [0.15, 0.2) is 0 Å². The molecule has 1 rings (SSSR count). The molecule has 0 bridgehead atoms. The van der Waals surface area contributed by atoms with Gasteiger partial charge in [0, 0.05) is 23.2 Å². The second-order valence-electron chi connectivity index (χ2n) is 3.08. The molecule has 1 aromatic carbocycles. The molecular weight excluding hydrogens is 278 g/mol. The number of aryl methyl sites for hydroxylation is 1. The first kappa shape index (κ1) is 12.4. The predicted octanol–water partition coefficient (Wildman–Crippen LogP) is 2.42. The first-order valence-electron chi connectivity index (χ1n) is 4.39. The summed E-state index contributed by atoms with van der Waals surface area (Å²) in [7, 11) is 1.46. The highest BCUT2D eigenvalue weighted by atomic mass is 79.9. The van der Waals surface area contributed by atoms with Crippen LogP contribution in [0, 0.1) is 17.0 Å². The number of anilines is 1. The number of nitro benzene ring substituents is 1. The van der Waals surface area contributed by atoms with Gasteiger partial charge in [-0.05, 0) is 28.9 Å². The summed E-state index contributed by atoms with van der Waals surface area (Å²) in [6, 6.07) is 2.47. The Morgan fingerprint density at radius 3 is 2.62 bits per heavy atom. The molecule has 0 radical (unpaired) electrons. The van der Waals surface area contributed by atoms with Crippen molar-refractivity contribution < 1.29 is 9.72 Å². The number of nitrogens with zero attached hydrogens (tertiary/aromatic N) is 1. The summed E-state index contributed by atoms with van der Waals surface area (Å²) in [5.74, 6) is 0. The van der Waals surface area contributed by atoms with E-state index in [0.717, 1.165) is 0 Å². The van der Waals surface area contributed by atoms with Crippen molar-refractivity contribution in [1.29, 1.82) is 0 Å². The zero-order chi connectivity index (χ0) is 12.3. The van der Waals surface area contributed by atoms with E-state index in [1.165, 1.54) is 13.1 Å². The van der Waals surface area contributed by atoms with Crippen molar-refractivity contribution in [2.75, 3.05) is 12.4 Å². The molecule has 7 heteroatoms. The van der Waals surface area contributed by atoms with E-state index in [1.54, 1.807) is 13.0 Å². The molecule has 0 saturated heterocycles. The highest BCUT2D eigenvalue weighted by Crippen LogP contribution is 2.30. The Labute approximate surface area is 100 Å². The number of rotatable bonds is 2. The Kier molecular flexibility index (Phi) is 3.83. The summed E-state index contributed by atoms with van der Waals surface area (Å²) in [6.07, 6.45) is 0. The maximum atomic E-state index is 11.1. The second-order valence-corrected chi connectivity index (χ2v) is 3.93. The molecule has 86 valence electrons. The third-order valence-electron chi connectivity index (χ3n) is 1.96. The van der Waals surface area contributed by atoms with Crippen LogP contribution in [0.25, 0.3) is 0 Å². The summed E-state index contributed by atoms with van der Waals surface area (Å²) >= 11 is 3.22. The van der Waals surface area contributed by atoms with Crippen LogP contribution in [0.5, 0.6) is 0 Å². The van der Waals surface area contributed by atoms with Crippen molar-refractivity contribution in [2.45, 2.75) is 6.92 Å². The van der Waals surface area contributed by atoms with Crippen LogP contribution in [0.1, 0.15) is 5.56 Å². The molecule has 6 nitrogen and oxygen atoms in total. The lowest BCUT2D eigenvalue weighted by Gasteiger charge is -2.07. The molecule has 0 aliphatic rings. The SMILES string of the molecule is CNC(=O)Nc1cc([N+](=O)[O-])c(C)cc1Br. The summed E-state index contributed by atoms with van der Waals surface area (Å²) in [4.78, 5) is 21.3. The van der Waals surface area contributed by atoms with Crippen molar-refractivity contribution in [1.82, 2.24) is 5.32 Å². The molecule has 1 aromatic rings. The molecule has 0 heterocycles. The number of benzene rings is 1. The summed E-state index contributed by atoms with van der Waals surface area (Å²) in [5.41, 5.74) is 0.852. The van der Waals surface area contributed by atoms with E-state index in [0.29, 0.717) is 15.7 Å². The van der Waals surface area contributed by atoms with Crippen molar-refractivity contribution in [3.05, 3.63) is 32.3 Å². The Morgan fingerprint density at radius 1 is 1.50 bits per heavy atom. The van der Waals surface area contributed by atoms with E-state index >= 15 is 0 Å². The predicted molar refractivity (Wildman–Crippen MR) is 63.6 cm³/mol. The molecule has 0 atom stereocenters. The third kappa shape index (κ3) is 2.69. The van der Waals surface area contributed by atoms with Gasteiger partial charge in [-0.2, -0.15) is 0 Å². The fraction of sp³-hybridized carbons (Fsp3) is 0.222. The minimum Gasteiger partial charge on any atom is -0.341 e. The fourth-order valence-corrected chi connectivity index (χ4v) is 1.70. The summed E-state index contributed by atoms with van der Waals surface area (Å²) < 4.78 is 0.596. The van der Waals surface area contributed by atoms with E-state index in [4.69, 9.17) is 0 Å². The van der Waals surface area contributed by atoms with Crippen molar-refractivity contribution in [3.63, 3.8) is 0 Å². The van der Waals surface area contributed by atoms with Crippen LogP contribution in [0.15, 0.2) is 16.6 Å². The first-order valence-corrected chi connectivity index (χ1v) is 5.18. The maximum absolute atomic E-state index is 11.1. The lowest BCUT2D eigenvalue weighted by atomic mass is 10.2. The maximum Gasteiger partial charge on any atom is 0.319 e. The Bertz CT molecular complexity index is 448. The molecule has 16 heavy (non-hydrogen) atoms. The standard InChI is InChI=1S/C9H10BrN3O3/c1-5-3-6(10)7(12-9(14)11-2)4-8(5)13(15)16/h3-4H,1-2H3,(H2,11,12,14). The fourth-order valence-electron chi connectivity index (χ4n) is 1.14. The average molecular weight is 288 g/mol. The van der Waals surface area contributed by atoms with E-state index < -0.39 is 11.0 Å². The molecule has 0 saturated carbocycles. The van der Waals surface area contributed by atoms with Gasteiger partial charge >= 0.3 is 6.03 Å². The molecule has 0 aliphatic heterocycles. The molecular formula is C9H10BrN3O3. The topological polar surface area (TPSA) is 84.3 Å². The zero-order valence-corrected chi connectivity index (χ0v) is 10.3. The smallest absolute Gasteiger partial charge is 0.319 e. The molecule has 2 amide bonds. The van der Waals surface area contributed by atoms with E-state index in [-0.39, 0.29) is 5.69 Å². The zero-order valence-electron chi connectivity index (χ0n) is 8.70. The molecule has 0 aromatic heterocycles. The van der Waals surface area contributed by atoms with Crippen LogP contribution in [0.3, 0.4) is 0 Å². The van der Waals surface area contributed by atoms with Crippen LogP contribution in [-0.4, -0.2) is 18.0 Å². The van der Waals surface area contributed by atoms with Gasteiger partial charge in [-0.25, -0.2) is 4.79 Å². The van der Waals surface area contributed by atoms with Gasteiger partial charge in [0.05, 0.1) is 10.6 Å². The highest BCUT2D eigenvalue weighted by Gasteiger charge is 2.15. The quantitative estimate of drug-likeness (QED) is 0.647. The van der Waals surface area contributed by atoms with Crippen LogP contribution < -0.4 is 10.6 Å². The number of nitrogens with one attached hydrogen (secondary N) is 2. The Hall–Kier alpha value is -1.63. The minimum absolute atomic E-state index is 0.0328. The Morgan fingerprint density at radius 2 is 2.12 bits per heavy atom. The number of nitro groups is 1. The van der Waals surface area contributed by atoms with Crippen molar-refractivity contribution in [3.8, 4) is 0 Å². The van der Waals surface area contributed by atoms with Crippen LogP contribution in [0.2, 0.25) is 0 Å². The number of hydrogen-bond donors (Lipinski definition) is 2. The Balaban J connectivity index is 3.14. The van der Waals surface area contributed by atoms with Crippen LogP contribution in [-0.2, 0) is 0 Å². The largest absolute Gasteiger partial charge is 0.341 e.